The molecular formula is C13H17N3O. The van der Waals surface area contributed by atoms with Gasteiger partial charge in [-0.2, -0.15) is 0 Å². The second-order valence-corrected chi connectivity index (χ2v) is 3.55. The van der Waals surface area contributed by atoms with Gasteiger partial charge in [0, 0.05) is 18.9 Å². The van der Waals surface area contributed by atoms with E-state index in [-0.39, 0.29) is 0 Å². The summed E-state index contributed by atoms with van der Waals surface area (Å²) in [5.41, 5.74) is 1.00. The van der Waals surface area contributed by atoms with Gasteiger partial charge in [0.05, 0.1) is 12.3 Å². The number of aromatic nitrogens is 2. The van der Waals surface area contributed by atoms with Gasteiger partial charge in [-0.15, -0.1) is 0 Å². The standard InChI is InChI=1S/C13H17N3O/c1-3-14-13-15-9-10-16(13)11-7-5-6-8-12(11)17-4-2/h5-10H,3-4H2,1-2H3,(H,14,15). The molecule has 17 heavy (non-hydrogen) atoms. The molecule has 0 spiro atoms. The Labute approximate surface area is 101 Å². The highest BCUT2D eigenvalue weighted by atomic mass is 16.5. The third kappa shape index (κ3) is 2.41. The Bertz CT molecular complexity index is 479. The van der Waals surface area contributed by atoms with Crippen LogP contribution in [0.2, 0.25) is 0 Å². The quantitative estimate of drug-likeness (QED) is 0.860. The first kappa shape index (κ1) is 11.5. The SMILES string of the molecule is CCNc1nccn1-c1ccccc1OCC. The van der Waals surface area contributed by atoms with Crippen LogP contribution in [0.5, 0.6) is 5.75 Å². The fourth-order valence-electron chi connectivity index (χ4n) is 1.72. The minimum Gasteiger partial charge on any atom is -0.492 e. The molecule has 0 amide bonds. The number of rotatable bonds is 5. The lowest BCUT2D eigenvalue weighted by molar-refractivity contribution is 0.339. The summed E-state index contributed by atoms with van der Waals surface area (Å²) in [5.74, 6) is 1.70. The molecule has 0 saturated carbocycles. The number of ether oxygens (including phenoxy) is 1. The van der Waals surface area contributed by atoms with Crippen molar-refractivity contribution in [3.8, 4) is 11.4 Å². The summed E-state index contributed by atoms with van der Waals surface area (Å²) in [6.07, 6.45) is 3.70. The summed E-state index contributed by atoms with van der Waals surface area (Å²) in [6.45, 7) is 5.53. The maximum atomic E-state index is 5.62. The van der Waals surface area contributed by atoms with E-state index in [1.807, 2.05) is 48.9 Å². The second-order valence-electron chi connectivity index (χ2n) is 3.55. The van der Waals surface area contributed by atoms with Gasteiger partial charge in [-0.05, 0) is 26.0 Å². The highest BCUT2D eigenvalue weighted by Gasteiger charge is 2.08. The summed E-state index contributed by atoms with van der Waals surface area (Å²) in [6, 6.07) is 7.95. The Kier molecular flexibility index (Phi) is 3.65. The van der Waals surface area contributed by atoms with Crippen LogP contribution in [0.25, 0.3) is 5.69 Å². The molecule has 0 unspecified atom stereocenters. The Hall–Kier alpha value is -1.97. The molecule has 4 nitrogen and oxygen atoms in total. The zero-order valence-electron chi connectivity index (χ0n) is 10.2. The summed E-state index contributed by atoms with van der Waals surface area (Å²) >= 11 is 0. The highest BCUT2D eigenvalue weighted by Crippen LogP contribution is 2.25. The number of hydrogen-bond acceptors (Lipinski definition) is 3. The molecule has 2 rings (SSSR count). The number of nitrogens with one attached hydrogen (secondary N) is 1. The molecule has 4 heteroatoms. The number of nitrogens with zero attached hydrogens (tertiary/aromatic N) is 2. The molecule has 0 aliphatic heterocycles. The van der Waals surface area contributed by atoms with Crippen molar-refractivity contribution in [2.24, 2.45) is 0 Å². The van der Waals surface area contributed by atoms with E-state index in [1.54, 1.807) is 6.20 Å². The van der Waals surface area contributed by atoms with Crippen molar-refractivity contribution in [3.05, 3.63) is 36.7 Å². The van der Waals surface area contributed by atoms with Gasteiger partial charge in [-0.3, -0.25) is 4.57 Å². The average Bonchev–Trinajstić information content (AvgIpc) is 2.79. The van der Waals surface area contributed by atoms with Gasteiger partial charge in [-0.1, -0.05) is 12.1 Å². The lowest BCUT2D eigenvalue weighted by Gasteiger charge is -2.13. The number of benzene rings is 1. The van der Waals surface area contributed by atoms with E-state index in [1.165, 1.54) is 0 Å². The highest BCUT2D eigenvalue weighted by molar-refractivity contribution is 5.51. The number of anilines is 1. The van der Waals surface area contributed by atoms with E-state index in [9.17, 15) is 0 Å². The molecule has 2 aromatic rings. The Morgan fingerprint density at radius 1 is 1.29 bits per heavy atom. The zero-order chi connectivity index (χ0) is 12.1. The molecule has 90 valence electrons. The van der Waals surface area contributed by atoms with E-state index in [4.69, 9.17) is 4.74 Å². The van der Waals surface area contributed by atoms with E-state index in [2.05, 4.69) is 10.3 Å². The third-order valence-corrected chi connectivity index (χ3v) is 2.40. The predicted octanol–water partition coefficient (Wildman–Crippen LogP) is 2.70. The first-order valence-electron chi connectivity index (χ1n) is 5.86. The van der Waals surface area contributed by atoms with Crippen LogP contribution in [0.3, 0.4) is 0 Å². The van der Waals surface area contributed by atoms with Gasteiger partial charge in [0.25, 0.3) is 0 Å². The molecule has 1 heterocycles. The molecule has 1 aromatic carbocycles. The molecule has 1 aromatic heterocycles. The van der Waals surface area contributed by atoms with Crippen LogP contribution in [0.1, 0.15) is 13.8 Å². The second kappa shape index (κ2) is 5.39. The van der Waals surface area contributed by atoms with Crippen molar-refractivity contribution in [1.82, 2.24) is 9.55 Å². The van der Waals surface area contributed by atoms with Crippen LogP contribution in [0.15, 0.2) is 36.7 Å². The molecule has 1 N–H and O–H groups in total. The maximum Gasteiger partial charge on any atom is 0.207 e. The van der Waals surface area contributed by atoms with Crippen molar-refractivity contribution in [3.63, 3.8) is 0 Å². The monoisotopic (exact) mass is 231 g/mol. The van der Waals surface area contributed by atoms with E-state index in [0.717, 1.165) is 23.9 Å². The van der Waals surface area contributed by atoms with Crippen molar-refractivity contribution < 1.29 is 4.74 Å². The minimum absolute atomic E-state index is 0.655. The van der Waals surface area contributed by atoms with Crippen molar-refractivity contribution in [1.29, 1.82) is 0 Å². The van der Waals surface area contributed by atoms with Crippen molar-refractivity contribution in [2.75, 3.05) is 18.5 Å². The van der Waals surface area contributed by atoms with Crippen LogP contribution in [0, 0.1) is 0 Å². The summed E-state index contributed by atoms with van der Waals surface area (Å²) in [7, 11) is 0. The lowest BCUT2D eigenvalue weighted by Crippen LogP contribution is -2.06. The first-order chi connectivity index (χ1) is 8.36. The van der Waals surface area contributed by atoms with E-state index < -0.39 is 0 Å². The third-order valence-electron chi connectivity index (χ3n) is 2.40. The number of hydrogen-bond donors (Lipinski definition) is 1. The summed E-state index contributed by atoms with van der Waals surface area (Å²) in [5, 5.41) is 3.22. The average molecular weight is 231 g/mol. The molecule has 0 aliphatic rings. The van der Waals surface area contributed by atoms with E-state index >= 15 is 0 Å². The van der Waals surface area contributed by atoms with Crippen LogP contribution in [0.4, 0.5) is 5.95 Å². The summed E-state index contributed by atoms with van der Waals surface area (Å²) < 4.78 is 7.61. The van der Waals surface area contributed by atoms with Crippen LogP contribution in [-0.4, -0.2) is 22.7 Å². The van der Waals surface area contributed by atoms with Gasteiger partial charge < -0.3 is 10.1 Å². The largest absolute Gasteiger partial charge is 0.492 e. The molecular weight excluding hydrogens is 214 g/mol. The number of imidazole rings is 1. The summed E-state index contributed by atoms with van der Waals surface area (Å²) in [4.78, 5) is 4.28. The Balaban J connectivity index is 2.41. The minimum atomic E-state index is 0.655. The van der Waals surface area contributed by atoms with Gasteiger partial charge in [-0.25, -0.2) is 4.98 Å². The normalized spacial score (nSPS) is 10.2. The van der Waals surface area contributed by atoms with Gasteiger partial charge in [0.2, 0.25) is 5.95 Å². The van der Waals surface area contributed by atoms with Crippen molar-refractivity contribution >= 4 is 5.95 Å². The smallest absolute Gasteiger partial charge is 0.207 e. The molecule has 0 radical (unpaired) electrons. The van der Waals surface area contributed by atoms with Crippen LogP contribution < -0.4 is 10.1 Å². The first-order valence-corrected chi connectivity index (χ1v) is 5.86. The molecule has 0 aliphatic carbocycles. The van der Waals surface area contributed by atoms with Crippen LogP contribution in [-0.2, 0) is 0 Å². The zero-order valence-corrected chi connectivity index (χ0v) is 10.2. The van der Waals surface area contributed by atoms with Crippen molar-refractivity contribution in [2.45, 2.75) is 13.8 Å². The molecule has 0 bridgehead atoms. The predicted molar refractivity (Wildman–Crippen MR) is 68.9 cm³/mol. The topological polar surface area (TPSA) is 39.1 Å². The number of para-hydroxylation sites is 2. The molecule has 0 saturated heterocycles. The van der Waals surface area contributed by atoms with E-state index in [0.29, 0.717) is 6.61 Å². The fourth-order valence-corrected chi connectivity index (χ4v) is 1.72. The Morgan fingerprint density at radius 2 is 2.12 bits per heavy atom. The Morgan fingerprint density at radius 3 is 2.88 bits per heavy atom. The maximum absolute atomic E-state index is 5.62. The lowest BCUT2D eigenvalue weighted by atomic mass is 10.3. The van der Waals surface area contributed by atoms with Gasteiger partial charge in [0.1, 0.15) is 5.75 Å². The van der Waals surface area contributed by atoms with Crippen LogP contribution >= 0.6 is 0 Å². The van der Waals surface area contributed by atoms with Gasteiger partial charge >= 0.3 is 0 Å². The molecule has 0 atom stereocenters. The molecule has 0 fully saturated rings. The van der Waals surface area contributed by atoms with Gasteiger partial charge in [0.15, 0.2) is 0 Å². The fraction of sp³-hybridized carbons (Fsp3) is 0.308.